The van der Waals surface area contributed by atoms with Crippen molar-refractivity contribution in [3.63, 3.8) is 0 Å². The number of rotatable bonds is 3. The molecule has 2 aromatic carbocycles. The molecule has 0 unspecified atom stereocenters. The molecule has 0 amide bonds. The summed E-state index contributed by atoms with van der Waals surface area (Å²) < 4.78 is 6.16. The van der Waals surface area contributed by atoms with Crippen LogP contribution < -0.4 is 5.73 Å². The maximum absolute atomic E-state index is 9.26. The number of nitrogens with zero attached hydrogens (tertiary/aromatic N) is 2. The summed E-state index contributed by atoms with van der Waals surface area (Å²) in [6.07, 6.45) is 0.525. The third kappa shape index (κ3) is 3.05. The highest BCUT2D eigenvalue weighted by Crippen LogP contribution is 2.28. The summed E-state index contributed by atoms with van der Waals surface area (Å²) in [5.74, 6) is 1.19. The number of aromatic nitrogens is 2. The van der Waals surface area contributed by atoms with Gasteiger partial charge in [-0.3, -0.25) is 0 Å². The molecule has 0 saturated heterocycles. The number of halogens is 1. The molecule has 1 aromatic heterocycles. The normalized spacial score (nSPS) is 10.7. The van der Waals surface area contributed by atoms with Gasteiger partial charge < -0.3 is 15.4 Å². The van der Waals surface area contributed by atoms with Gasteiger partial charge in [0, 0.05) is 16.6 Å². The molecule has 0 radical (unpaired) electrons. The fourth-order valence-corrected chi connectivity index (χ4v) is 2.31. The van der Waals surface area contributed by atoms with Crippen LogP contribution in [0, 0.1) is 0 Å². The van der Waals surface area contributed by atoms with Gasteiger partial charge in [0.05, 0.1) is 5.56 Å². The largest absolute Gasteiger partial charge is 0.508 e. The first kappa shape index (κ1) is 13.6. The lowest BCUT2D eigenvalue weighted by Crippen LogP contribution is -1.92. The number of hydrogen-bond donors (Lipinski definition) is 2. The number of benzene rings is 2. The zero-order valence-electron chi connectivity index (χ0n) is 11.0. The predicted molar refractivity (Wildman–Crippen MR) is 82.8 cm³/mol. The fraction of sp³-hybridized carbons (Fsp3) is 0.0667. The van der Waals surface area contributed by atoms with E-state index in [0.717, 1.165) is 10.0 Å². The number of hydrogen-bond acceptors (Lipinski definition) is 5. The van der Waals surface area contributed by atoms with Crippen molar-refractivity contribution in [2.24, 2.45) is 0 Å². The van der Waals surface area contributed by atoms with Crippen LogP contribution in [0.3, 0.4) is 0 Å². The number of aromatic hydroxyl groups is 1. The molecule has 3 aromatic rings. The molecule has 0 spiro atoms. The Hall–Kier alpha value is -2.34. The van der Waals surface area contributed by atoms with Crippen LogP contribution in [0.25, 0.3) is 11.5 Å². The second-order valence-electron chi connectivity index (χ2n) is 4.59. The molecule has 0 saturated carbocycles. The summed E-state index contributed by atoms with van der Waals surface area (Å²) in [4.78, 5) is 4.36. The first-order chi connectivity index (χ1) is 10.1. The van der Waals surface area contributed by atoms with E-state index in [-0.39, 0.29) is 5.75 Å². The molecular weight excluding hydrogens is 334 g/mol. The second-order valence-corrected chi connectivity index (χ2v) is 5.51. The van der Waals surface area contributed by atoms with Crippen LogP contribution in [0.4, 0.5) is 5.69 Å². The fourth-order valence-electron chi connectivity index (χ4n) is 1.95. The molecule has 0 fully saturated rings. The smallest absolute Gasteiger partial charge is 0.260 e. The Kier molecular flexibility index (Phi) is 3.62. The molecule has 6 heteroatoms. The molecule has 1 heterocycles. The molecule has 3 rings (SSSR count). The topological polar surface area (TPSA) is 85.2 Å². The van der Waals surface area contributed by atoms with Crippen LogP contribution in [0.1, 0.15) is 11.4 Å². The zero-order chi connectivity index (χ0) is 14.8. The van der Waals surface area contributed by atoms with Crippen molar-refractivity contribution in [3.05, 3.63) is 58.3 Å². The Labute approximate surface area is 129 Å². The molecule has 21 heavy (non-hydrogen) atoms. The summed E-state index contributed by atoms with van der Waals surface area (Å²) in [5.41, 5.74) is 8.20. The zero-order valence-corrected chi connectivity index (χ0v) is 12.5. The molecule has 3 N–H and O–H groups in total. The molecule has 0 atom stereocenters. The van der Waals surface area contributed by atoms with Gasteiger partial charge >= 0.3 is 0 Å². The molecule has 0 aliphatic carbocycles. The second kappa shape index (κ2) is 5.57. The van der Waals surface area contributed by atoms with E-state index >= 15 is 0 Å². The molecule has 0 bridgehead atoms. The minimum absolute atomic E-state index is 0.231. The monoisotopic (exact) mass is 345 g/mol. The Balaban J connectivity index is 1.86. The summed E-state index contributed by atoms with van der Waals surface area (Å²) in [7, 11) is 0. The van der Waals surface area contributed by atoms with Gasteiger partial charge in [0.2, 0.25) is 0 Å². The van der Waals surface area contributed by atoms with Crippen molar-refractivity contribution in [1.82, 2.24) is 10.1 Å². The van der Waals surface area contributed by atoms with E-state index in [1.165, 1.54) is 0 Å². The van der Waals surface area contributed by atoms with Crippen LogP contribution in [0.5, 0.6) is 5.75 Å². The average molecular weight is 346 g/mol. The molecule has 5 nitrogen and oxygen atoms in total. The first-order valence-corrected chi connectivity index (χ1v) is 7.07. The van der Waals surface area contributed by atoms with Crippen molar-refractivity contribution in [1.29, 1.82) is 0 Å². The van der Waals surface area contributed by atoms with Crippen molar-refractivity contribution in [2.45, 2.75) is 6.42 Å². The lowest BCUT2D eigenvalue weighted by Gasteiger charge is -2.00. The summed E-state index contributed by atoms with van der Waals surface area (Å²) in [6, 6.07) is 12.4. The van der Waals surface area contributed by atoms with Gasteiger partial charge in [-0.15, -0.1) is 0 Å². The molecule has 0 aliphatic heterocycles. The summed E-state index contributed by atoms with van der Waals surface area (Å²) >= 11 is 3.39. The van der Waals surface area contributed by atoms with Gasteiger partial charge in [0.15, 0.2) is 5.82 Å². The van der Waals surface area contributed by atoms with Crippen molar-refractivity contribution >= 4 is 21.6 Å². The van der Waals surface area contributed by atoms with Crippen molar-refractivity contribution in [3.8, 4) is 17.2 Å². The Morgan fingerprint density at radius 3 is 2.67 bits per heavy atom. The van der Waals surface area contributed by atoms with E-state index in [1.54, 1.807) is 18.2 Å². The van der Waals surface area contributed by atoms with Gasteiger partial charge in [-0.05, 0) is 35.9 Å². The molecule has 0 aliphatic rings. The maximum atomic E-state index is 9.26. The minimum atomic E-state index is 0.231. The van der Waals surface area contributed by atoms with Crippen LogP contribution in [-0.4, -0.2) is 15.2 Å². The maximum Gasteiger partial charge on any atom is 0.260 e. The predicted octanol–water partition coefficient (Wildman–Crippen LogP) is 3.38. The first-order valence-electron chi connectivity index (χ1n) is 6.28. The SMILES string of the molecule is Nc1ccc(Br)cc1-c1nc(Cc2ccc(O)cc2)no1. The Bertz CT molecular complexity index is 769. The highest BCUT2D eigenvalue weighted by Gasteiger charge is 2.12. The standard InChI is InChI=1S/C15H12BrN3O2/c16-10-3-6-13(17)12(8-10)15-18-14(19-21-15)7-9-1-4-11(20)5-2-9/h1-6,8,20H,7,17H2. The minimum Gasteiger partial charge on any atom is -0.508 e. The van der Waals surface area contributed by atoms with E-state index in [9.17, 15) is 5.11 Å². The van der Waals surface area contributed by atoms with Crippen molar-refractivity contribution in [2.75, 3.05) is 5.73 Å². The summed E-state index contributed by atoms with van der Waals surface area (Å²) in [6.45, 7) is 0. The third-order valence-electron chi connectivity index (χ3n) is 3.01. The van der Waals surface area contributed by atoms with Crippen LogP contribution in [0.15, 0.2) is 51.5 Å². The summed E-state index contributed by atoms with van der Waals surface area (Å²) in [5, 5.41) is 13.2. The van der Waals surface area contributed by atoms with Crippen LogP contribution >= 0.6 is 15.9 Å². The van der Waals surface area contributed by atoms with E-state index in [0.29, 0.717) is 29.4 Å². The van der Waals surface area contributed by atoms with E-state index in [4.69, 9.17) is 10.3 Å². The van der Waals surface area contributed by atoms with Gasteiger partial charge in [-0.2, -0.15) is 4.98 Å². The quantitative estimate of drug-likeness (QED) is 0.710. The number of phenolic OH excluding ortho intramolecular Hbond substituents is 1. The van der Waals surface area contributed by atoms with E-state index in [1.807, 2.05) is 24.3 Å². The van der Waals surface area contributed by atoms with Gasteiger partial charge in [-0.25, -0.2) is 0 Å². The number of phenols is 1. The lowest BCUT2D eigenvalue weighted by atomic mass is 10.1. The van der Waals surface area contributed by atoms with Gasteiger partial charge in [0.1, 0.15) is 5.75 Å². The van der Waals surface area contributed by atoms with Gasteiger partial charge in [-0.1, -0.05) is 33.2 Å². The lowest BCUT2D eigenvalue weighted by molar-refractivity contribution is 0.424. The van der Waals surface area contributed by atoms with Crippen LogP contribution in [-0.2, 0) is 6.42 Å². The Morgan fingerprint density at radius 1 is 1.14 bits per heavy atom. The van der Waals surface area contributed by atoms with Crippen LogP contribution in [0.2, 0.25) is 0 Å². The number of nitrogens with two attached hydrogens (primary N) is 1. The van der Waals surface area contributed by atoms with Crippen molar-refractivity contribution < 1.29 is 9.63 Å². The van der Waals surface area contributed by atoms with E-state index in [2.05, 4.69) is 26.1 Å². The average Bonchev–Trinajstić information content (AvgIpc) is 2.92. The highest BCUT2D eigenvalue weighted by atomic mass is 79.9. The highest BCUT2D eigenvalue weighted by molar-refractivity contribution is 9.10. The number of anilines is 1. The third-order valence-corrected chi connectivity index (χ3v) is 3.51. The van der Waals surface area contributed by atoms with Gasteiger partial charge in [0.25, 0.3) is 5.89 Å². The Morgan fingerprint density at radius 2 is 1.90 bits per heavy atom. The molecule has 106 valence electrons. The number of nitrogen functional groups attached to an aromatic ring is 1. The molecular formula is C15H12BrN3O2. The van der Waals surface area contributed by atoms with E-state index < -0.39 is 0 Å².